The Morgan fingerprint density at radius 2 is 1.02 bits per heavy atom. The molecule has 2 nitrogen and oxygen atoms in total. The summed E-state index contributed by atoms with van der Waals surface area (Å²) in [6.07, 6.45) is 9.60. The van der Waals surface area contributed by atoms with E-state index in [1.165, 1.54) is 44.2 Å². The SMILES string of the molecule is C=C1/C=C\C=C/CC2(c3cc(N(c4ccccc4)c4cccc5c4Oc4ccccc4-c4ccccc4-5)ccc3-c3ccccc31)c1ccccc1-c1cc3ccccc3cc12. The number of allylic oxidation sites excluding steroid dienone is 5. The molecule has 3 aliphatic rings. The Hall–Kier alpha value is -7.94. The van der Waals surface area contributed by atoms with Crippen molar-refractivity contribution >= 4 is 33.4 Å². The number of nitrogens with zero attached hydrogens (tertiary/aromatic N) is 1. The van der Waals surface area contributed by atoms with Crippen LogP contribution in [0, 0.1) is 0 Å². The first-order valence-corrected chi connectivity index (χ1v) is 21.4. The number of benzene rings is 9. The lowest BCUT2D eigenvalue weighted by molar-refractivity contribution is 0.489. The van der Waals surface area contributed by atoms with Crippen molar-refractivity contribution in [3.05, 3.63) is 253 Å². The number of para-hydroxylation sites is 3. The summed E-state index contributed by atoms with van der Waals surface area (Å²) in [6, 6.07) is 72.9. The van der Waals surface area contributed by atoms with Crippen molar-refractivity contribution in [1.29, 1.82) is 0 Å². The summed E-state index contributed by atoms with van der Waals surface area (Å²) in [7, 11) is 0. The van der Waals surface area contributed by atoms with Gasteiger partial charge < -0.3 is 9.64 Å². The van der Waals surface area contributed by atoms with Crippen molar-refractivity contribution in [2.24, 2.45) is 0 Å². The smallest absolute Gasteiger partial charge is 0.159 e. The van der Waals surface area contributed by atoms with Crippen LogP contribution in [0.5, 0.6) is 11.5 Å². The molecule has 0 radical (unpaired) electrons. The minimum absolute atomic E-state index is 0.547. The third-order valence-electron chi connectivity index (χ3n) is 13.1. The van der Waals surface area contributed by atoms with E-state index in [4.69, 9.17) is 4.74 Å². The third-order valence-corrected chi connectivity index (χ3v) is 13.1. The molecule has 1 unspecified atom stereocenters. The molecular weight excluding hydrogens is 751 g/mol. The number of hydrogen-bond donors (Lipinski definition) is 0. The Balaban J connectivity index is 1.19. The van der Waals surface area contributed by atoms with Gasteiger partial charge in [0, 0.05) is 22.5 Å². The summed E-state index contributed by atoms with van der Waals surface area (Å²) < 4.78 is 7.15. The van der Waals surface area contributed by atoms with Crippen LogP contribution in [0.3, 0.4) is 0 Å². The Morgan fingerprint density at radius 1 is 0.419 bits per heavy atom. The van der Waals surface area contributed by atoms with Crippen molar-refractivity contribution in [1.82, 2.24) is 0 Å². The largest absolute Gasteiger partial charge is 0.454 e. The molecule has 0 saturated heterocycles. The summed E-state index contributed by atoms with van der Waals surface area (Å²) in [5.74, 6) is 1.65. The van der Waals surface area contributed by atoms with E-state index in [2.05, 4.69) is 236 Å². The highest BCUT2D eigenvalue weighted by Gasteiger charge is 2.46. The maximum absolute atomic E-state index is 7.15. The van der Waals surface area contributed by atoms with E-state index in [0.717, 1.165) is 73.9 Å². The predicted molar refractivity (Wildman–Crippen MR) is 259 cm³/mol. The maximum Gasteiger partial charge on any atom is 0.159 e. The summed E-state index contributed by atoms with van der Waals surface area (Å²) in [5.41, 5.74) is 17.8. The predicted octanol–water partition coefficient (Wildman–Crippen LogP) is 16.3. The molecule has 0 saturated carbocycles. The van der Waals surface area contributed by atoms with Gasteiger partial charge in [0.1, 0.15) is 5.75 Å². The average molecular weight is 792 g/mol. The summed E-state index contributed by atoms with van der Waals surface area (Å²) in [5, 5.41) is 2.48. The zero-order valence-corrected chi connectivity index (χ0v) is 34.1. The van der Waals surface area contributed by atoms with Gasteiger partial charge in [0.2, 0.25) is 0 Å². The lowest BCUT2D eigenvalue weighted by Crippen LogP contribution is -2.28. The number of anilines is 3. The van der Waals surface area contributed by atoms with Gasteiger partial charge >= 0.3 is 0 Å². The van der Waals surface area contributed by atoms with Gasteiger partial charge in [0.15, 0.2) is 5.75 Å². The van der Waals surface area contributed by atoms with Gasteiger partial charge in [-0.3, -0.25) is 0 Å². The van der Waals surface area contributed by atoms with Crippen LogP contribution in [0.2, 0.25) is 0 Å². The first-order chi connectivity index (χ1) is 30.7. The quantitative estimate of drug-likeness (QED) is 0.177. The molecule has 12 rings (SSSR count). The summed E-state index contributed by atoms with van der Waals surface area (Å²) in [6.45, 7) is 4.59. The molecule has 0 N–H and O–H groups in total. The molecule has 0 fully saturated rings. The van der Waals surface area contributed by atoms with E-state index in [-0.39, 0.29) is 0 Å². The topological polar surface area (TPSA) is 12.5 Å². The second-order valence-electron chi connectivity index (χ2n) is 16.5. The monoisotopic (exact) mass is 791 g/mol. The average Bonchev–Trinajstić information content (AvgIpc) is 3.49. The van der Waals surface area contributed by atoms with Crippen LogP contribution in [0.1, 0.15) is 28.7 Å². The molecule has 1 aliphatic heterocycles. The highest BCUT2D eigenvalue weighted by molar-refractivity contribution is 5.99. The molecule has 9 aromatic rings. The molecule has 1 atom stereocenters. The van der Waals surface area contributed by atoms with Crippen LogP contribution in [0.25, 0.3) is 60.9 Å². The van der Waals surface area contributed by atoms with E-state index in [9.17, 15) is 0 Å². The fraction of sp³-hybridized carbons (Fsp3) is 0.0333. The normalized spacial score (nSPS) is 16.5. The van der Waals surface area contributed by atoms with Gasteiger partial charge in [-0.05, 0) is 127 Å². The van der Waals surface area contributed by atoms with Gasteiger partial charge in [-0.15, -0.1) is 0 Å². The van der Waals surface area contributed by atoms with Crippen LogP contribution < -0.4 is 9.64 Å². The highest BCUT2D eigenvalue weighted by atomic mass is 16.5. The second-order valence-corrected chi connectivity index (χ2v) is 16.5. The second kappa shape index (κ2) is 14.4. The molecule has 9 aromatic carbocycles. The molecule has 0 aromatic heterocycles. The fourth-order valence-electron chi connectivity index (χ4n) is 10.4. The molecular formula is C60H41NO. The number of ether oxygens (including phenoxy) is 1. The van der Waals surface area contributed by atoms with E-state index < -0.39 is 5.41 Å². The van der Waals surface area contributed by atoms with E-state index in [0.29, 0.717) is 0 Å². The van der Waals surface area contributed by atoms with Crippen molar-refractivity contribution < 1.29 is 4.74 Å². The van der Waals surface area contributed by atoms with Crippen LogP contribution in [0.15, 0.2) is 231 Å². The van der Waals surface area contributed by atoms with Crippen LogP contribution >= 0.6 is 0 Å². The minimum Gasteiger partial charge on any atom is -0.454 e. The van der Waals surface area contributed by atoms with E-state index in [1.54, 1.807) is 0 Å². The lowest BCUT2D eigenvalue weighted by atomic mass is 9.67. The highest BCUT2D eigenvalue weighted by Crippen LogP contribution is 2.59. The standard InChI is InChI=1S/C60H41NO/c1-40-19-4-3-17-36-60(54-31-15-13-28-49(54)53-37-41-20-7-8-21-42(41)38-55(53)60)56-39-44(34-35-50(56)46-25-10-9-24-45(40)46)61(43-22-5-2-6-23-43)57-32-18-30-52-48-27-12-11-26-47(48)51-29-14-16-33-58(51)62-59(52)57/h2-35,37-39H,1,36H2/b17-3-,19-4-. The van der Waals surface area contributed by atoms with E-state index in [1.807, 2.05) is 0 Å². The molecule has 292 valence electrons. The zero-order chi connectivity index (χ0) is 41.2. The molecule has 1 heterocycles. The van der Waals surface area contributed by atoms with Gasteiger partial charge in [0.05, 0.1) is 11.1 Å². The van der Waals surface area contributed by atoms with Crippen LogP contribution in [-0.2, 0) is 5.41 Å². The molecule has 62 heavy (non-hydrogen) atoms. The molecule has 1 spiro atoms. The lowest BCUT2D eigenvalue weighted by Gasteiger charge is -2.36. The maximum atomic E-state index is 7.15. The van der Waals surface area contributed by atoms with Crippen molar-refractivity contribution in [2.75, 3.05) is 4.90 Å². The third kappa shape index (κ3) is 5.50. The molecule has 2 heteroatoms. The summed E-state index contributed by atoms with van der Waals surface area (Å²) in [4.78, 5) is 2.39. The van der Waals surface area contributed by atoms with Gasteiger partial charge in [0.25, 0.3) is 0 Å². The number of rotatable bonds is 3. The minimum atomic E-state index is -0.547. The van der Waals surface area contributed by atoms with Gasteiger partial charge in [-0.25, -0.2) is 0 Å². The van der Waals surface area contributed by atoms with Crippen LogP contribution in [0.4, 0.5) is 17.1 Å². The first kappa shape index (κ1) is 36.0. The molecule has 2 aliphatic carbocycles. The number of fused-ring (bicyclic) bond motifs is 15. The molecule has 0 amide bonds. The van der Waals surface area contributed by atoms with Gasteiger partial charge in [-0.2, -0.15) is 0 Å². The van der Waals surface area contributed by atoms with Crippen molar-refractivity contribution in [3.63, 3.8) is 0 Å². The van der Waals surface area contributed by atoms with Gasteiger partial charge in [-0.1, -0.05) is 183 Å². The Kier molecular flexibility index (Phi) is 8.33. The number of hydrogen-bond acceptors (Lipinski definition) is 2. The molecule has 0 bridgehead atoms. The first-order valence-electron chi connectivity index (χ1n) is 21.4. The van der Waals surface area contributed by atoms with Crippen molar-refractivity contribution in [2.45, 2.75) is 11.8 Å². The van der Waals surface area contributed by atoms with Crippen molar-refractivity contribution in [3.8, 4) is 56.0 Å². The Morgan fingerprint density at radius 3 is 1.82 bits per heavy atom. The summed E-state index contributed by atoms with van der Waals surface area (Å²) >= 11 is 0. The zero-order valence-electron chi connectivity index (χ0n) is 34.1. The van der Waals surface area contributed by atoms with E-state index >= 15 is 0 Å². The van der Waals surface area contributed by atoms with Crippen LogP contribution in [-0.4, -0.2) is 0 Å². The Labute approximate surface area is 362 Å². The fourth-order valence-corrected chi connectivity index (χ4v) is 10.4. The Bertz CT molecular complexity index is 3330.